The summed E-state index contributed by atoms with van der Waals surface area (Å²) >= 11 is 0. The quantitative estimate of drug-likeness (QED) is 0.516. The molecule has 0 spiro atoms. The molecular formula is C23H24F4N8. The van der Waals surface area contributed by atoms with Crippen LogP contribution >= 0.6 is 0 Å². The zero-order chi connectivity index (χ0) is 24.7. The minimum absolute atomic E-state index is 0.0787. The van der Waals surface area contributed by atoms with Gasteiger partial charge in [0.15, 0.2) is 0 Å². The fourth-order valence-corrected chi connectivity index (χ4v) is 4.57. The zero-order valence-corrected chi connectivity index (χ0v) is 18.8. The first-order valence-corrected chi connectivity index (χ1v) is 11.3. The smallest absolute Gasteiger partial charge is 0.383 e. The van der Waals surface area contributed by atoms with Gasteiger partial charge in [-0.3, -0.25) is 4.99 Å². The van der Waals surface area contributed by atoms with E-state index in [0.29, 0.717) is 44.2 Å². The van der Waals surface area contributed by atoms with Crippen LogP contribution in [0.5, 0.6) is 0 Å². The molecule has 12 heteroatoms. The lowest BCUT2D eigenvalue weighted by molar-refractivity contribution is -0.139. The lowest BCUT2D eigenvalue weighted by atomic mass is 9.95. The van der Waals surface area contributed by atoms with E-state index >= 15 is 0 Å². The number of nitrogens with zero attached hydrogens (tertiary/aromatic N) is 6. The molecule has 8 nitrogen and oxygen atoms in total. The Morgan fingerprint density at radius 3 is 2.51 bits per heavy atom. The van der Waals surface area contributed by atoms with E-state index in [0.717, 1.165) is 47.9 Å². The molecule has 0 saturated carbocycles. The third-order valence-corrected chi connectivity index (χ3v) is 6.37. The van der Waals surface area contributed by atoms with E-state index in [9.17, 15) is 17.6 Å². The van der Waals surface area contributed by atoms with Crippen molar-refractivity contribution in [2.75, 3.05) is 36.8 Å². The van der Waals surface area contributed by atoms with E-state index in [2.05, 4.69) is 24.8 Å². The summed E-state index contributed by atoms with van der Waals surface area (Å²) in [7, 11) is 0. The normalized spacial score (nSPS) is 16.5. The van der Waals surface area contributed by atoms with Crippen LogP contribution in [0.2, 0.25) is 0 Å². The predicted octanol–water partition coefficient (Wildman–Crippen LogP) is 3.23. The lowest BCUT2D eigenvalue weighted by Gasteiger charge is -2.33. The molecule has 4 N–H and O–H groups in total. The minimum Gasteiger partial charge on any atom is -0.383 e. The number of rotatable bonds is 6. The number of anilines is 2. The Morgan fingerprint density at radius 2 is 1.86 bits per heavy atom. The minimum atomic E-state index is -4.79. The number of aromatic nitrogens is 4. The number of hydrogen-bond donors (Lipinski definition) is 2. The number of hydrogen-bond acceptors (Lipinski definition) is 7. The molecule has 5 rings (SSSR count). The summed E-state index contributed by atoms with van der Waals surface area (Å²) in [4.78, 5) is 19.6. The number of halogens is 4. The number of aliphatic imine (C=N–C) groups is 1. The van der Waals surface area contributed by atoms with E-state index < -0.39 is 17.6 Å². The maximum atomic E-state index is 13.8. The number of imidazole rings is 1. The van der Waals surface area contributed by atoms with Crippen LogP contribution in [-0.2, 0) is 12.7 Å². The maximum absolute atomic E-state index is 13.8. The highest BCUT2D eigenvalue weighted by Crippen LogP contribution is 2.36. The molecule has 2 aliphatic heterocycles. The van der Waals surface area contributed by atoms with Crippen molar-refractivity contribution < 1.29 is 17.6 Å². The van der Waals surface area contributed by atoms with Gasteiger partial charge in [0, 0.05) is 43.9 Å². The Kier molecular flexibility index (Phi) is 5.91. The molecule has 1 fully saturated rings. The second-order valence-corrected chi connectivity index (χ2v) is 8.64. The van der Waals surface area contributed by atoms with Crippen LogP contribution in [0.15, 0.2) is 35.7 Å². The molecule has 0 amide bonds. The Morgan fingerprint density at radius 1 is 1.11 bits per heavy atom. The van der Waals surface area contributed by atoms with Gasteiger partial charge in [-0.05, 0) is 31.0 Å². The molecule has 0 unspecified atom stereocenters. The highest BCUT2D eigenvalue weighted by Gasteiger charge is 2.35. The number of nitrogens with two attached hydrogens (primary N) is 2. The van der Waals surface area contributed by atoms with E-state index in [1.807, 2.05) is 4.57 Å². The van der Waals surface area contributed by atoms with Gasteiger partial charge in [-0.2, -0.15) is 13.2 Å². The molecular weight excluding hydrogens is 464 g/mol. The Balaban J connectivity index is 1.39. The van der Waals surface area contributed by atoms with Gasteiger partial charge >= 0.3 is 6.18 Å². The molecule has 0 atom stereocenters. The average molecular weight is 488 g/mol. The van der Waals surface area contributed by atoms with Gasteiger partial charge in [0.1, 0.15) is 29.6 Å². The summed E-state index contributed by atoms with van der Waals surface area (Å²) in [5.41, 5.74) is 12.8. The largest absolute Gasteiger partial charge is 0.419 e. The van der Waals surface area contributed by atoms with Crippen LogP contribution in [0.1, 0.15) is 35.7 Å². The van der Waals surface area contributed by atoms with E-state index in [1.54, 1.807) is 6.20 Å². The van der Waals surface area contributed by atoms with Gasteiger partial charge in [-0.1, -0.05) is 0 Å². The molecule has 35 heavy (non-hydrogen) atoms. The molecule has 1 aromatic carbocycles. The summed E-state index contributed by atoms with van der Waals surface area (Å²) in [5, 5.41) is 0. The molecule has 0 bridgehead atoms. The standard InChI is InChI=1S/C23H24F4N8/c24-16-2-1-14(9-15(16)23(25,26)27)18-11-35(8-5-28)21(33-18)13-3-6-34(7-4-13)22-19(17-10-30-17)20(29)31-12-32-22/h1-2,9,11-13H,3-8,10,28H2,(H2,29,31,32). The molecule has 0 aliphatic carbocycles. The van der Waals surface area contributed by atoms with Crippen LogP contribution in [-0.4, -0.2) is 51.4 Å². The Hall–Kier alpha value is -3.54. The molecule has 4 heterocycles. The van der Waals surface area contributed by atoms with Crippen LogP contribution in [0, 0.1) is 5.82 Å². The maximum Gasteiger partial charge on any atom is 0.419 e. The first-order chi connectivity index (χ1) is 16.8. The van der Waals surface area contributed by atoms with Crippen LogP contribution in [0.3, 0.4) is 0 Å². The number of alkyl halides is 3. The van der Waals surface area contributed by atoms with Gasteiger partial charge in [-0.15, -0.1) is 0 Å². The van der Waals surface area contributed by atoms with Crippen molar-refractivity contribution in [2.24, 2.45) is 10.7 Å². The first kappa shape index (κ1) is 23.2. The van der Waals surface area contributed by atoms with E-state index in [1.165, 1.54) is 12.4 Å². The Bertz CT molecular complexity index is 1280. The van der Waals surface area contributed by atoms with Crippen molar-refractivity contribution in [3.8, 4) is 11.3 Å². The van der Waals surface area contributed by atoms with Gasteiger partial charge in [0.05, 0.1) is 29.1 Å². The van der Waals surface area contributed by atoms with Crippen molar-refractivity contribution in [1.29, 1.82) is 0 Å². The fraction of sp³-hybridized carbons (Fsp3) is 0.391. The van der Waals surface area contributed by atoms with E-state index in [4.69, 9.17) is 11.5 Å². The van der Waals surface area contributed by atoms with Gasteiger partial charge in [0.25, 0.3) is 0 Å². The summed E-state index contributed by atoms with van der Waals surface area (Å²) < 4.78 is 55.3. The number of benzene rings is 1. The predicted molar refractivity (Wildman–Crippen MR) is 124 cm³/mol. The zero-order valence-electron chi connectivity index (χ0n) is 18.8. The van der Waals surface area contributed by atoms with Gasteiger partial charge in [0.2, 0.25) is 0 Å². The van der Waals surface area contributed by atoms with Crippen molar-refractivity contribution in [3.05, 3.63) is 53.5 Å². The van der Waals surface area contributed by atoms with Crippen molar-refractivity contribution >= 4 is 17.3 Å². The van der Waals surface area contributed by atoms with Gasteiger partial charge < -0.3 is 20.9 Å². The number of nitrogen functional groups attached to an aromatic ring is 1. The number of piperidine rings is 1. The SMILES string of the molecule is NCCn1cc(-c2ccc(F)c(C(F)(F)F)c2)nc1C1CCN(c2ncnc(N)c2C2=NC2)CC1. The lowest BCUT2D eigenvalue weighted by Crippen LogP contribution is -2.35. The van der Waals surface area contributed by atoms with Crippen molar-refractivity contribution in [3.63, 3.8) is 0 Å². The summed E-state index contributed by atoms with van der Waals surface area (Å²) in [6, 6.07) is 2.94. The van der Waals surface area contributed by atoms with Crippen LogP contribution < -0.4 is 16.4 Å². The summed E-state index contributed by atoms with van der Waals surface area (Å²) in [6.45, 7) is 2.86. The molecule has 2 aliphatic rings. The summed E-state index contributed by atoms with van der Waals surface area (Å²) in [5.74, 6) is 0.710. The highest BCUT2D eigenvalue weighted by molar-refractivity contribution is 6.16. The van der Waals surface area contributed by atoms with Crippen LogP contribution in [0.4, 0.5) is 29.2 Å². The summed E-state index contributed by atoms with van der Waals surface area (Å²) in [6.07, 6.45) is -0.134. The average Bonchev–Trinajstić information content (AvgIpc) is 3.58. The third-order valence-electron chi connectivity index (χ3n) is 6.37. The molecule has 3 aromatic rings. The van der Waals surface area contributed by atoms with Crippen LogP contribution in [0.25, 0.3) is 11.3 Å². The van der Waals surface area contributed by atoms with Crippen molar-refractivity contribution in [2.45, 2.75) is 31.5 Å². The molecule has 2 aromatic heterocycles. The van der Waals surface area contributed by atoms with Crippen molar-refractivity contribution in [1.82, 2.24) is 19.5 Å². The molecule has 0 radical (unpaired) electrons. The first-order valence-electron chi connectivity index (χ1n) is 11.3. The topological polar surface area (TPSA) is 111 Å². The fourth-order valence-electron chi connectivity index (χ4n) is 4.57. The highest BCUT2D eigenvalue weighted by atomic mass is 19.4. The molecule has 184 valence electrons. The molecule has 1 saturated heterocycles. The second kappa shape index (κ2) is 8.91. The Labute approximate surface area is 198 Å². The second-order valence-electron chi connectivity index (χ2n) is 8.64. The third kappa shape index (κ3) is 4.57. The van der Waals surface area contributed by atoms with Gasteiger partial charge in [-0.25, -0.2) is 19.3 Å². The monoisotopic (exact) mass is 488 g/mol. The van der Waals surface area contributed by atoms with E-state index in [-0.39, 0.29) is 11.5 Å².